The Hall–Kier alpha value is -3.50. The van der Waals surface area contributed by atoms with E-state index in [1.54, 1.807) is 30.3 Å². The van der Waals surface area contributed by atoms with Crippen molar-refractivity contribution in [2.24, 2.45) is 11.3 Å². The smallest absolute Gasteiger partial charge is 0.410 e. The van der Waals surface area contributed by atoms with E-state index in [9.17, 15) is 14.7 Å². The zero-order valence-corrected chi connectivity index (χ0v) is 32.0. The van der Waals surface area contributed by atoms with Gasteiger partial charge in [-0.2, -0.15) is 0 Å². The minimum Gasteiger partial charge on any atom is -0.496 e. The first-order valence-corrected chi connectivity index (χ1v) is 19.6. The molecule has 1 aromatic carbocycles. The van der Waals surface area contributed by atoms with Crippen LogP contribution < -0.4 is 9.64 Å². The normalized spacial score (nSPS) is 27.1. The lowest BCUT2D eigenvalue weighted by Crippen LogP contribution is -2.62. The first kappa shape index (κ1) is 35.9. The van der Waals surface area contributed by atoms with Crippen molar-refractivity contribution >= 4 is 29.2 Å². The van der Waals surface area contributed by atoms with Crippen molar-refractivity contribution in [3.63, 3.8) is 0 Å². The molecule has 3 aromatic rings. The number of carbonyl (C=O) groups excluding carboxylic acids is 2. The zero-order chi connectivity index (χ0) is 36.2. The van der Waals surface area contributed by atoms with Gasteiger partial charge >= 0.3 is 6.09 Å². The summed E-state index contributed by atoms with van der Waals surface area (Å²) in [7, 11) is 1.73. The Morgan fingerprint density at radius 1 is 1.00 bits per heavy atom. The van der Waals surface area contributed by atoms with E-state index >= 15 is 0 Å². The maximum absolute atomic E-state index is 14.7. The van der Waals surface area contributed by atoms with E-state index < -0.39 is 5.60 Å². The van der Waals surface area contributed by atoms with Crippen molar-refractivity contribution in [3.8, 4) is 16.2 Å². The number of aliphatic hydroxyl groups is 1. The number of nitrogens with zero attached hydrogens (tertiary/aromatic N) is 4. The summed E-state index contributed by atoms with van der Waals surface area (Å²) < 4.78 is 11.4. The van der Waals surface area contributed by atoms with E-state index in [0.29, 0.717) is 51.1 Å². The van der Waals surface area contributed by atoms with Crippen LogP contribution in [-0.4, -0.2) is 70.4 Å². The largest absolute Gasteiger partial charge is 0.496 e. The Labute approximate surface area is 306 Å². The van der Waals surface area contributed by atoms with Gasteiger partial charge in [0.1, 0.15) is 17.7 Å². The molecule has 3 heterocycles. The van der Waals surface area contributed by atoms with Crippen LogP contribution in [0, 0.1) is 18.3 Å². The van der Waals surface area contributed by atoms with Gasteiger partial charge in [0.05, 0.1) is 35.7 Å². The number of thiazole rings is 1. The van der Waals surface area contributed by atoms with Crippen LogP contribution in [0.3, 0.4) is 0 Å². The first-order chi connectivity index (χ1) is 24.2. The number of carbonyl (C=O) groups is 2. The number of aryl methyl sites for hydroxylation is 1. The molecular formula is C41H54N4O5S. The summed E-state index contributed by atoms with van der Waals surface area (Å²) in [6.45, 7) is 11.6. The van der Waals surface area contributed by atoms with Crippen LogP contribution in [0.25, 0.3) is 10.4 Å². The number of pyridine rings is 1. The number of hydrogen-bond acceptors (Lipinski definition) is 8. The molecule has 0 spiro atoms. The molecule has 4 aliphatic carbocycles. The summed E-state index contributed by atoms with van der Waals surface area (Å²) in [5.41, 5.74) is 3.00. The fourth-order valence-electron chi connectivity index (χ4n) is 8.99. The van der Waals surface area contributed by atoms with Gasteiger partial charge in [-0.25, -0.2) is 14.8 Å². The fraction of sp³-hybridized carbons (Fsp3) is 0.610. The predicted molar refractivity (Wildman–Crippen MR) is 200 cm³/mol. The maximum Gasteiger partial charge on any atom is 0.410 e. The average Bonchev–Trinajstić information content (AvgIpc) is 3.62. The fourth-order valence-corrected chi connectivity index (χ4v) is 9.96. The third kappa shape index (κ3) is 7.28. The van der Waals surface area contributed by atoms with Crippen LogP contribution >= 0.6 is 11.3 Å². The highest BCUT2D eigenvalue weighted by Gasteiger charge is 2.51. The number of hydrogen-bond donors (Lipinski definition) is 1. The number of ether oxygens (including phenoxy) is 2. The molecule has 1 N–H and O–H groups in total. The second-order valence-electron chi connectivity index (χ2n) is 17.3. The molecule has 0 radical (unpaired) electrons. The Bertz CT molecular complexity index is 1740. The van der Waals surface area contributed by atoms with Crippen molar-refractivity contribution in [1.82, 2.24) is 14.9 Å². The SMILES string of the molecule is COc1ccc(C23CCC(CN(C(=O)C4CCC(OC(=O)N5CC(C)(O)C5)CC4)c4cc(-c5cnc(C(C)(C)C)s5)ccn4)(CC2)CC3)cc1C. The third-order valence-corrected chi connectivity index (χ3v) is 13.7. The van der Waals surface area contributed by atoms with Crippen LogP contribution in [0.5, 0.6) is 5.75 Å². The number of rotatable bonds is 8. The molecule has 0 unspecified atom stereocenters. The summed E-state index contributed by atoms with van der Waals surface area (Å²) in [5.74, 6) is 1.62. The van der Waals surface area contributed by atoms with Gasteiger partial charge < -0.3 is 19.5 Å². The molecule has 8 rings (SSSR count). The molecule has 5 aliphatic rings. The molecule has 1 aliphatic heterocycles. The van der Waals surface area contributed by atoms with Crippen LogP contribution in [0.15, 0.2) is 42.7 Å². The molecule has 1 saturated heterocycles. The number of amides is 2. The topological polar surface area (TPSA) is 105 Å². The number of fused-ring (bicyclic) bond motifs is 3. The molecule has 2 bridgehead atoms. The van der Waals surface area contributed by atoms with Crippen LogP contribution in [0.4, 0.5) is 10.6 Å². The van der Waals surface area contributed by atoms with E-state index in [1.165, 1.54) is 11.1 Å². The van der Waals surface area contributed by atoms with Crippen molar-refractivity contribution in [2.75, 3.05) is 31.6 Å². The summed E-state index contributed by atoms with van der Waals surface area (Å²) in [6, 6.07) is 10.8. The molecule has 5 fully saturated rings. The van der Waals surface area contributed by atoms with E-state index in [1.807, 2.05) is 23.4 Å². The number of anilines is 1. The van der Waals surface area contributed by atoms with E-state index in [0.717, 1.165) is 59.7 Å². The number of likely N-dealkylation sites (tertiary alicyclic amines) is 1. The van der Waals surface area contributed by atoms with Gasteiger partial charge in [-0.15, -0.1) is 11.3 Å². The van der Waals surface area contributed by atoms with E-state index in [4.69, 9.17) is 19.4 Å². The lowest BCUT2D eigenvalue weighted by molar-refractivity contribution is -0.125. The first-order valence-electron chi connectivity index (χ1n) is 18.8. The average molecular weight is 715 g/mol. The monoisotopic (exact) mass is 714 g/mol. The van der Waals surface area contributed by atoms with Crippen molar-refractivity contribution in [2.45, 2.75) is 121 Å². The van der Waals surface area contributed by atoms with Gasteiger partial charge in [0.2, 0.25) is 5.91 Å². The maximum atomic E-state index is 14.7. The van der Waals surface area contributed by atoms with E-state index in [2.05, 4.69) is 52.0 Å². The van der Waals surface area contributed by atoms with Crippen molar-refractivity contribution in [1.29, 1.82) is 0 Å². The summed E-state index contributed by atoms with van der Waals surface area (Å²) in [6.07, 6.45) is 12.4. The number of benzene rings is 1. The quantitative estimate of drug-likeness (QED) is 0.251. The van der Waals surface area contributed by atoms with Crippen LogP contribution in [0.1, 0.15) is 108 Å². The molecule has 274 valence electrons. The van der Waals surface area contributed by atoms with Gasteiger partial charge in [-0.05, 0) is 124 Å². The Balaban J connectivity index is 1.10. The summed E-state index contributed by atoms with van der Waals surface area (Å²) in [4.78, 5) is 41.6. The van der Waals surface area contributed by atoms with Crippen molar-refractivity contribution < 1.29 is 24.2 Å². The molecule has 51 heavy (non-hydrogen) atoms. The summed E-state index contributed by atoms with van der Waals surface area (Å²) in [5, 5.41) is 11.1. The molecule has 2 amide bonds. The number of aromatic nitrogens is 2. The molecule has 9 nitrogen and oxygen atoms in total. The minimum atomic E-state index is -0.834. The standard InChI is InChI=1S/C41H54N4O5S/c1-27-21-30(9-12-32(27)49-6)41-17-14-40(15-18-41,16-19-41)26-45(34-22-29(13-20-42-34)33-23-43-36(51-33)38(2,3)4)35(46)28-7-10-31(11-8-28)50-37(47)44-24-39(5,48)25-44/h9,12-13,20-23,28,31,48H,7-8,10-11,14-19,24-26H2,1-6H3. The van der Waals surface area contributed by atoms with Gasteiger partial charge in [-0.3, -0.25) is 9.69 Å². The van der Waals surface area contributed by atoms with Gasteiger partial charge in [0.15, 0.2) is 0 Å². The van der Waals surface area contributed by atoms with E-state index in [-0.39, 0.29) is 40.3 Å². The van der Waals surface area contributed by atoms with Gasteiger partial charge in [-0.1, -0.05) is 32.9 Å². The number of methoxy groups -OCH3 is 1. The molecule has 0 atom stereocenters. The predicted octanol–water partition coefficient (Wildman–Crippen LogP) is 8.21. The highest BCUT2D eigenvalue weighted by Crippen LogP contribution is 2.58. The molecule has 2 aromatic heterocycles. The molecule has 10 heteroatoms. The number of β-amino-alcohol motifs (C(OH)–C–C–N with tert-alkyl or cyclic N) is 1. The Kier molecular flexibility index (Phi) is 9.49. The molecule has 4 saturated carbocycles. The zero-order valence-electron chi connectivity index (χ0n) is 31.2. The second-order valence-corrected chi connectivity index (χ2v) is 18.3. The highest BCUT2D eigenvalue weighted by molar-refractivity contribution is 7.15. The molecular weight excluding hydrogens is 661 g/mol. The Morgan fingerprint density at radius 3 is 2.27 bits per heavy atom. The van der Waals surface area contributed by atoms with Crippen molar-refractivity contribution in [3.05, 3.63) is 58.9 Å². The third-order valence-electron chi connectivity index (χ3n) is 12.2. The highest BCUT2D eigenvalue weighted by atomic mass is 32.1. The second kappa shape index (κ2) is 13.5. The van der Waals surface area contributed by atoms with Gasteiger partial charge in [0.25, 0.3) is 0 Å². The summed E-state index contributed by atoms with van der Waals surface area (Å²) >= 11 is 1.70. The van der Waals surface area contributed by atoms with Crippen LogP contribution in [0.2, 0.25) is 0 Å². The van der Waals surface area contributed by atoms with Crippen LogP contribution in [-0.2, 0) is 20.4 Å². The minimum absolute atomic E-state index is 0.0382. The Morgan fingerprint density at radius 2 is 1.69 bits per heavy atom. The lowest BCUT2D eigenvalue weighted by atomic mass is 9.51. The van der Waals surface area contributed by atoms with Gasteiger partial charge in [0, 0.05) is 30.3 Å². The lowest BCUT2D eigenvalue weighted by Gasteiger charge is -2.55.